The highest BCUT2D eigenvalue weighted by Crippen LogP contribution is 2.29. The van der Waals surface area contributed by atoms with Crippen LogP contribution in [0.25, 0.3) is 10.4 Å². The molecule has 0 saturated heterocycles. The molecule has 3 N–H and O–H groups in total. The molecule has 1 amide bonds. The zero-order valence-electron chi connectivity index (χ0n) is 10.2. The van der Waals surface area contributed by atoms with Gasteiger partial charge in [0.1, 0.15) is 0 Å². The molecular formula is C13H16N2OS2. The minimum Gasteiger partial charge on any atom is -0.370 e. The summed E-state index contributed by atoms with van der Waals surface area (Å²) in [7, 11) is 0. The number of hydrogen-bond acceptors (Lipinski definition) is 4. The van der Waals surface area contributed by atoms with E-state index in [4.69, 9.17) is 5.73 Å². The van der Waals surface area contributed by atoms with Gasteiger partial charge in [0.15, 0.2) is 0 Å². The van der Waals surface area contributed by atoms with Gasteiger partial charge in [0.2, 0.25) is 5.91 Å². The molecule has 2 heterocycles. The van der Waals surface area contributed by atoms with Crippen molar-refractivity contribution in [2.24, 2.45) is 5.73 Å². The van der Waals surface area contributed by atoms with Crippen LogP contribution in [0.15, 0.2) is 29.0 Å². The standard InChI is InChI=1S/C13H16N2OS2/c1-9(5-13(14)16)15-7-11-6-10(8-18-11)12-3-2-4-17-12/h2-4,6,8-9,15H,5,7H2,1H3,(H2,14,16). The summed E-state index contributed by atoms with van der Waals surface area (Å²) in [6.07, 6.45) is 0.378. The summed E-state index contributed by atoms with van der Waals surface area (Å²) in [6.45, 7) is 2.75. The Kier molecular flexibility index (Phi) is 4.52. The van der Waals surface area contributed by atoms with E-state index in [0.717, 1.165) is 6.54 Å². The molecule has 0 aromatic carbocycles. The molecule has 0 aliphatic heterocycles. The molecule has 0 aliphatic rings. The maximum absolute atomic E-state index is 10.8. The highest BCUT2D eigenvalue weighted by molar-refractivity contribution is 7.14. The average molecular weight is 280 g/mol. The van der Waals surface area contributed by atoms with Gasteiger partial charge in [0, 0.05) is 34.3 Å². The van der Waals surface area contributed by atoms with Gasteiger partial charge in [-0.2, -0.15) is 0 Å². The quantitative estimate of drug-likeness (QED) is 0.855. The van der Waals surface area contributed by atoms with Crippen molar-refractivity contribution in [3.8, 4) is 10.4 Å². The third kappa shape index (κ3) is 3.66. The molecule has 2 aromatic heterocycles. The Bertz CT molecular complexity index is 505. The zero-order chi connectivity index (χ0) is 13.0. The fourth-order valence-corrected chi connectivity index (χ4v) is 3.32. The predicted molar refractivity (Wildman–Crippen MR) is 77.7 cm³/mol. The molecule has 0 spiro atoms. The lowest BCUT2D eigenvalue weighted by atomic mass is 10.2. The molecular weight excluding hydrogens is 264 g/mol. The normalized spacial score (nSPS) is 12.5. The van der Waals surface area contributed by atoms with Gasteiger partial charge >= 0.3 is 0 Å². The molecule has 0 bridgehead atoms. The second-order valence-corrected chi connectivity index (χ2v) is 6.17. The molecule has 5 heteroatoms. The van der Waals surface area contributed by atoms with Crippen LogP contribution in [0.1, 0.15) is 18.2 Å². The fraction of sp³-hybridized carbons (Fsp3) is 0.308. The van der Waals surface area contributed by atoms with Gasteiger partial charge in [-0.25, -0.2) is 0 Å². The Balaban J connectivity index is 1.89. The van der Waals surface area contributed by atoms with Gasteiger partial charge in [0.25, 0.3) is 0 Å². The van der Waals surface area contributed by atoms with E-state index in [1.807, 2.05) is 6.92 Å². The summed E-state index contributed by atoms with van der Waals surface area (Å²) in [4.78, 5) is 13.3. The Morgan fingerprint density at radius 2 is 2.33 bits per heavy atom. The summed E-state index contributed by atoms with van der Waals surface area (Å²) in [6, 6.07) is 6.50. The first kappa shape index (κ1) is 13.3. The molecule has 0 fully saturated rings. The van der Waals surface area contributed by atoms with Gasteiger partial charge < -0.3 is 11.1 Å². The molecule has 1 unspecified atom stereocenters. The van der Waals surface area contributed by atoms with Crippen molar-refractivity contribution in [1.82, 2.24) is 5.32 Å². The van der Waals surface area contributed by atoms with Crippen molar-refractivity contribution in [1.29, 1.82) is 0 Å². The number of thiophene rings is 2. The summed E-state index contributed by atoms with van der Waals surface area (Å²) in [5.74, 6) is -0.263. The summed E-state index contributed by atoms with van der Waals surface area (Å²) < 4.78 is 0. The Hall–Kier alpha value is -1.17. The van der Waals surface area contributed by atoms with Gasteiger partial charge in [-0.3, -0.25) is 4.79 Å². The maximum atomic E-state index is 10.8. The Morgan fingerprint density at radius 3 is 3.00 bits per heavy atom. The largest absolute Gasteiger partial charge is 0.370 e. The number of primary amides is 1. The molecule has 0 saturated carbocycles. The van der Waals surface area contributed by atoms with Crippen molar-refractivity contribution in [2.75, 3.05) is 0 Å². The third-order valence-electron chi connectivity index (χ3n) is 2.59. The first-order chi connectivity index (χ1) is 8.65. The lowest BCUT2D eigenvalue weighted by molar-refractivity contribution is -0.118. The molecule has 0 aliphatic carbocycles. The molecule has 1 atom stereocenters. The Morgan fingerprint density at radius 1 is 1.50 bits per heavy atom. The van der Waals surface area contributed by atoms with Gasteiger partial charge in [-0.05, 0) is 29.8 Å². The number of amides is 1. The third-order valence-corrected chi connectivity index (χ3v) is 4.45. The van der Waals surface area contributed by atoms with Crippen molar-refractivity contribution < 1.29 is 4.79 Å². The van der Waals surface area contributed by atoms with Crippen LogP contribution in [-0.2, 0) is 11.3 Å². The van der Waals surface area contributed by atoms with Crippen LogP contribution < -0.4 is 11.1 Å². The van der Waals surface area contributed by atoms with Crippen LogP contribution in [0.5, 0.6) is 0 Å². The minimum atomic E-state index is -0.263. The van der Waals surface area contributed by atoms with Gasteiger partial charge in [0.05, 0.1) is 0 Å². The molecule has 3 nitrogen and oxygen atoms in total. The first-order valence-corrected chi connectivity index (χ1v) is 7.54. The van der Waals surface area contributed by atoms with Crippen molar-refractivity contribution in [3.63, 3.8) is 0 Å². The van der Waals surface area contributed by atoms with Crippen LogP contribution in [0, 0.1) is 0 Å². The number of hydrogen-bond donors (Lipinski definition) is 2. The van der Waals surface area contributed by atoms with E-state index in [-0.39, 0.29) is 11.9 Å². The van der Waals surface area contributed by atoms with Gasteiger partial charge in [-0.1, -0.05) is 6.07 Å². The second-order valence-electron chi connectivity index (χ2n) is 4.23. The summed E-state index contributed by atoms with van der Waals surface area (Å²) in [5, 5.41) is 7.55. The molecule has 18 heavy (non-hydrogen) atoms. The zero-order valence-corrected chi connectivity index (χ0v) is 11.8. The molecule has 2 rings (SSSR count). The summed E-state index contributed by atoms with van der Waals surface area (Å²) in [5.41, 5.74) is 6.43. The maximum Gasteiger partial charge on any atom is 0.218 e. The first-order valence-electron chi connectivity index (χ1n) is 5.78. The Labute approximate surface area is 115 Å². The molecule has 2 aromatic rings. The van der Waals surface area contributed by atoms with Gasteiger partial charge in [-0.15, -0.1) is 22.7 Å². The van der Waals surface area contributed by atoms with Crippen molar-refractivity contribution >= 4 is 28.6 Å². The summed E-state index contributed by atoms with van der Waals surface area (Å²) >= 11 is 3.48. The van der Waals surface area contributed by atoms with E-state index in [0.29, 0.717) is 6.42 Å². The van der Waals surface area contributed by atoms with E-state index < -0.39 is 0 Å². The average Bonchev–Trinajstić information content (AvgIpc) is 2.96. The lowest BCUT2D eigenvalue weighted by Crippen LogP contribution is -2.30. The SMILES string of the molecule is CC(CC(N)=O)NCc1cc(-c2cccs2)cs1. The molecule has 96 valence electrons. The number of rotatable bonds is 6. The monoisotopic (exact) mass is 280 g/mol. The van der Waals surface area contributed by atoms with E-state index in [1.54, 1.807) is 22.7 Å². The van der Waals surface area contributed by atoms with E-state index in [2.05, 4.69) is 34.3 Å². The van der Waals surface area contributed by atoms with Crippen molar-refractivity contribution in [2.45, 2.75) is 25.9 Å². The fourth-order valence-electron chi connectivity index (χ4n) is 1.69. The topological polar surface area (TPSA) is 55.1 Å². The van der Waals surface area contributed by atoms with E-state index in [9.17, 15) is 4.79 Å². The van der Waals surface area contributed by atoms with Crippen LogP contribution in [0.4, 0.5) is 0 Å². The number of carbonyl (C=O) groups excluding carboxylic acids is 1. The van der Waals surface area contributed by atoms with Crippen LogP contribution >= 0.6 is 22.7 Å². The smallest absolute Gasteiger partial charge is 0.218 e. The predicted octanol–water partition coefficient (Wildman–Crippen LogP) is 2.83. The minimum absolute atomic E-state index is 0.120. The second kappa shape index (κ2) is 6.13. The van der Waals surface area contributed by atoms with E-state index in [1.165, 1.54) is 15.3 Å². The number of carbonyl (C=O) groups is 1. The number of nitrogens with one attached hydrogen (secondary N) is 1. The van der Waals surface area contributed by atoms with Crippen LogP contribution in [0.3, 0.4) is 0 Å². The van der Waals surface area contributed by atoms with Crippen LogP contribution in [-0.4, -0.2) is 11.9 Å². The highest BCUT2D eigenvalue weighted by Gasteiger charge is 2.07. The van der Waals surface area contributed by atoms with Crippen molar-refractivity contribution in [3.05, 3.63) is 33.8 Å². The number of nitrogens with two attached hydrogens (primary N) is 1. The molecule has 0 radical (unpaired) electrons. The lowest BCUT2D eigenvalue weighted by Gasteiger charge is -2.10. The van der Waals surface area contributed by atoms with E-state index >= 15 is 0 Å². The highest BCUT2D eigenvalue weighted by atomic mass is 32.1. The van der Waals surface area contributed by atoms with Crippen LogP contribution in [0.2, 0.25) is 0 Å².